The van der Waals surface area contributed by atoms with Gasteiger partial charge in [-0.05, 0) is 42.8 Å². The van der Waals surface area contributed by atoms with E-state index in [0.29, 0.717) is 22.0 Å². The van der Waals surface area contributed by atoms with Crippen LogP contribution in [0.15, 0.2) is 48.5 Å². The van der Waals surface area contributed by atoms with E-state index in [2.05, 4.69) is 10.6 Å². The van der Waals surface area contributed by atoms with E-state index in [1.807, 2.05) is 0 Å². The van der Waals surface area contributed by atoms with E-state index in [9.17, 15) is 14.4 Å². The number of ether oxygens (including phenoxy) is 2. The Bertz CT molecular complexity index is 1160. The molecule has 1 heterocycles. The number of hydrogen-bond acceptors (Lipinski definition) is 6. The van der Waals surface area contributed by atoms with Crippen molar-refractivity contribution >= 4 is 51.4 Å². The molecule has 0 radical (unpaired) electrons. The zero-order chi connectivity index (χ0) is 22.5. The third-order valence-electron chi connectivity index (χ3n) is 4.40. The van der Waals surface area contributed by atoms with Gasteiger partial charge in [0.2, 0.25) is 0 Å². The molecule has 9 heteroatoms. The summed E-state index contributed by atoms with van der Waals surface area (Å²) >= 11 is 6.95. The van der Waals surface area contributed by atoms with Gasteiger partial charge in [0, 0.05) is 10.7 Å². The molecule has 0 aliphatic heterocycles. The van der Waals surface area contributed by atoms with Crippen molar-refractivity contribution in [3.05, 3.63) is 75.1 Å². The predicted octanol–water partition coefficient (Wildman–Crippen LogP) is 5.01. The number of thiophene rings is 1. The fourth-order valence-electron chi connectivity index (χ4n) is 2.92. The van der Waals surface area contributed by atoms with Crippen LogP contribution in [0, 0.1) is 6.92 Å². The van der Waals surface area contributed by atoms with Gasteiger partial charge in [0.05, 0.1) is 30.2 Å². The van der Waals surface area contributed by atoms with Gasteiger partial charge in [0.15, 0.2) is 0 Å². The topological polar surface area (TPSA) is 93.7 Å². The Morgan fingerprint density at radius 3 is 2.39 bits per heavy atom. The van der Waals surface area contributed by atoms with Crippen molar-refractivity contribution in [1.29, 1.82) is 0 Å². The van der Waals surface area contributed by atoms with E-state index in [1.165, 1.54) is 14.2 Å². The average Bonchev–Trinajstić information content (AvgIpc) is 3.08. The lowest BCUT2D eigenvalue weighted by Crippen LogP contribution is -2.15. The van der Waals surface area contributed by atoms with Crippen LogP contribution in [0.2, 0.25) is 5.02 Å². The molecular weight excluding hydrogens is 440 g/mol. The number of rotatable bonds is 6. The van der Waals surface area contributed by atoms with E-state index in [-0.39, 0.29) is 21.0 Å². The second-order valence-corrected chi connectivity index (χ2v) is 7.83. The predicted molar refractivity (Wildman–Crippen MR) is 121 cm³/mol. The fourth-order valence-corrected chi connectivity index (χ4v) is 4.20. The second-order valence-electron chi connectivity index (χ2n) is 6.37. The number of carbonyl (C=O) groups excluding carboxylic acids is 3. The van der Waals surface area contributed by atoms with Gasteiger partial charge in [0.25, 0.3) is 11.8 Å². The van der Waals surface area contributed by atoms with E-state index >= 15 is 0 Å². The summed E-state index contributed by atoms with van der Waals surface area (Å²) in [6.07, 6.45) is 0. The molecule has 0 aliphatic carbocycles. The normalized spacial score (nSPS) is 10.3. The Morgan fingerprint density at radius 2 is 1.71 bits per heavy atom. The lowest BCUT2D eigenvalue weighted by Gasteiger charge is -2.09. The minimum atomic E-state index is -0.661. The molecule has 0 bridgehead atoms. The van der Waals surface area contributed by atoms with Crippen LogP contribution in [0.5, 0.6) is 5.75 Å². The van der Waals surface area contributed by atoms with Crippen molar-refractivity contribution in [2.24, 2.45) is 0 Å². The summed E-state index contributed by atoms with van der Waals surface area (Å²) in [5.41, 5.74) is 1.31. The van der Waals surface area contributed by atoms with Crippen molar-refractivity contribution in [2.45, 2.75) is 6.92 Å². The zero-order valence-corrected chi connectivity index (χ0v) is 18.5. The molecule has 0 atom stereocenters. The summed E-state index contributed by atoms with van der Waals surface area (Å²) in [6, 6.07) is 13.4. The van der Waals surface area contributed by atoms with Gasteiger partial charge in [-0.25, -0.2) is 4.79 Å². The number of anilines is 2. The second kappa shape index (κ2) is 9.63. The highest BCUT2D eigenvalue weighted by Gasteiger charge is 2.27. The van der Waals surface area contributed by atoms with E-state index in [0.717, 1.165) is 11.3 Å². The van der Waals surface area contributed by atoms with E-state index in [4.69, 9.17) is 21.1 Å². The van der Waals surface area contributed by atoms with Crippen LogP contribution in [0.1, 0.15) is 36.0 Å². The summed E-state index contributed by atoms with van der Waals surface area (Å²) < 4.78 is 10.1. The van der Waals surface area contributed by atoms with Crippen LogP contribution in [-0.4, -0.2) is 32.0 Å². The zero-order valence-electron chi connectivity index (χ0n) is 16.9. The van der Waals surface area contributed by atoms with Crippen LogP contribution < -0.4 is 15.4 Å². The maximum Gasteiger partial charge on any atom is 0.341 e. The minimum absolute atomic E-state index is 0.118. The number of amides is 2. The number of hydrogen-bond donors (Lipinski definition) is 2. The lowest BCUT2D eigenvalue weighted by atomic mass is 10.1. The number of benzene rings is 2. The SMILES string of the molecule is COC(=O)c1c(NC(=O)c2ccccc2OC)sc(C(=O)Nc2cccc(Cl)c2)c1C. The van der Waals surface area contributed by atoms with Crippen LogP contribution in [-0.2, 0) is 4.74 Å². The fraction of sp³-hybridized carbons (Fsp3) is 0.136. The summed E-state index contributed by atoms with van der Waals surface area (Å²) in [6.45, 7) is 1.62. The highest BCUT2D eigenvalue weighted by atomic mass is 35.5. The first-order valence-electron chi connectivity index (χ1n) is 9.08. The third-order valence-corrected chi connectivity index (χ3v) is 5.84. The number of nitrogens with one attached hydrogen (secondary N) is 2. The monoisotopic (exact) mass is 458 g/mol. The molecule has 0 spiro atoms. The van der Waals surface area contributed by atoms with E-state index < -0.39 is 17.8 Å². The van der Waals surface area contributed by atoms with Crippen molar-refractivity contribution in [1.82, 2.24) is 0 Å². The van der Waals surface area contributed by atoms with Gasteiger partial charge in [-0.3, -0.25) is 9.59 Å². The summed E-state index contributed by atoms with van der Waals surface area (Å²) in [7, 11) is 2.69. The van der Waals surface area contributed by atoms with Gasteiger partial charge in [-0.1, -0.05) is 29.8 Å². The number of methoxy groups -OCH3 is 2. The smallest absolute Gasteiger partial charge is 0.341 e. The number of para-hydroxylation sites is 1. The largest absolute Gasteiger partial charge is 0.496 e. The molecule has 3 rings (SSSR count). The Morgan fingerprint density at radius 1 is 0.968 bits per heavy atom. The maximum atomic E-state index is 12.9. The molecule has 0 saturated carbocycles. The van der Waals surface area contributed by atoms with Crippen molar-refractivity contribution < 1.29 is 23.9 Å². The molecule has 3 aromatic rings. The number of halogens is 1. The first-order valence-corrected chi connectivity index (χ1v) is 10.3. The van der Waals surface area contributed by atoms with Gasteiger partial charge in [-0.2, -0.15) is 0 Å². The van der Waals surface area contributed by atoms with Gasteiger partial charge >= 0.3 is 5.97 Å². The number of carbonyl (C=O) groups is 3. The molecule has 7 nitrogen and oxygen atoms in total. The molecule has 0 saturated heterocycles. The molecular formula is C22H19ClN2O5S. The van der Waals surface area contributed by atoms with Gasteiger partial charge in [0.1, 0.15) is 10.8 Å². The van der Waals surface area contributed by atoms with Crippen LogP contribution in [0.3, 0.4) is 0 Å². The molecule has 0 aliphatic rings. The highest BCUT2D eigenvalue weighted by molar-refractivity contribution is 7.19. The quantitative estimate of drug-likeness (QED) is 0.506. The van der Waals surface area contributed by atoms with Crippen LogP contribution in [0.25, 0.3) is 0 Å². The maximum absolute atomic E-state index is 12.9. The lowest BCUT2D eigenvalue weighted by molar-refractivity contribution is 0.0601. The molecule has 1 aromatic heterocycles. The Hall–Kier alpha value is -3.36. The molecule has 0 unspecified atom stereocenters. The molecule has 31 heavy (non-hydrogen) atoms. The Balaban J connectivity index is 1.95. The Labute approximate surface area is 187 Å². The number of esters is 1. The van der Waals surface area contributed by atoms with Gasteiger partial charge in [-0.15, -0.1) is 11.3 Å². The molecule has 2 N–H and O–H groups in total. The van der Waals surface area contributed by atoms with Gasteiger partial charge < -0.3 is 20.1 Å². The third kappa shape index (κ3) is 4.87. The molecule has 2 aromatic carbocycles. The highest BCUT2D eigenvalue weighted by Crippen LogP contribution is 2.35. The van der Waals surface area contributed by atoms with E-state index in [1.54, 1.807) is 55.5 Å². The Kier molecular flexibility index (Phi) is 6.94. The molecule has 0 fully saturated rings. The average molecular weight is 459 g/mol. The molecule has 160 valence electrons. The standard InChI is InChI=1S/C22H19ClN2O5S/c1-12-17(22(28)30-3)21(25-19(26)15-9-4-5-10-16(15)29-2)31-18(12)20(27)24-14-8-6-7-13(23)11-14/h4-11H,1-3H3,(H,24,27)(H,25,26). The summed E-state index contributed by atoms with van der Waals surface area (Å²) in [5, 5.41) is 6.12. The van der Waals surface area contributed by atoms with Crippen LogP contribution in [0.4, 0.5) is 10.7 Å². The summed E-state index contributed by atoms with van der Waals surface area (Å²) in [5.74, 6) is -1.20. The first kappa shape index (κ1) is 22.3. The molecule has 2 amide bonds. The van der Waals surface area contributed by atoms with Crippen molar-refractivity contribution in [3.63, 3.8) is 0 Å². The summed E-state index contributed by atoms with van der Waals surface area (Å²) in [4.78, 5) is 38.3. The van der Waals surface area contributed by atoms with Crippen molar-refractivity contribution in [2.75, 3.05) is 24.9 Å². The van der Waals surface area contributed by atoms with Crippen LogP contribution >= 0.6 is 22.9 Å². The van der Waals surface area contributed by atoms with Crippen molar-refractivity contribution in [3.8, 4) is 5.75 Å². The first-order chi connectivity index (χ1) is 14.8. The minimum Gasteiger partial charge on any atom is -0.496 e.